The summed E-state index contributed by atoms with van der Waals surface area (Å²) in [6.07, 6.45) is 4.74. The molecule has 0 aromatic heterocycles. The second-order valence-corrected chi connectivity index (χ2v) is 13.8. The first-order valence-electron chi connectivity index (χ1n) is 14.3. The maximum absolute atomic E-state index is 15.2. The van der Waals surface area contributed by atoms with Crippen LogP contribution in [0.1, 0.15) is 80.5 Å². The van der Waals surface area contributed by atoms with Gasteiger partial charge in [-0.25, -0.2) is 0 Å². The lowest BCUT2D eigenvalue weighted by atomic mass is 10.1. The molecule has 0 bridgehead atoms. The summed E-state index contributed by atoms with van der Waals surface area (Å²) in [6, 6.07) is 23.4. The van der Waals surface area contributed by atoms with Crippen LogP contribution in [-0.2, 0) is 4.57 Å². The Hall–Kier alpha value is -3.21. The van der Waals surface area contributed by atoms with Gasteiger partial charge in [0.15, 0.2) is 7.14 Å². The molecule has 0 heterocycles. The molecule has 3 rings (SSSR count). The molecule has 0 spiro atoms. The molecule has 0 aliphatic carbocycles. The quantitative estimate of drug-likeness (QED) is 0.188. The molecule has 214 valence electrons. The molecule has 3 N–H and O–H groups in total. The van der Waals surface area contributed by atoms with E-state index in [4.69, 9.17) is 0 Å². The molecule has 0 saturated heterocycles. The lowest BCUT2D eigenvalue weighted by Crippen LogP contribution is -2.37. The molecule has 0 unspecified atom stereocenters. The zero-order chi connectivity index (χ0) is 29.0. The Balaban J connectivity index is 1.97. The van der Waals surface area contributed by atoms with Gasteiger partial charge in [0.05, 0.1) is 5.56 Å². The van der Waals surface area contributed by atoms with Gasteiger partial charge in [-0.05, 0) is 64.8 Å². The van der Waals surface area contributed by atoms with Crippen molar-refractivity contribution >= 4 is 34.9 Å². The Morgan fingerprint density at radius 3 is 1.77 bits per heavy atom. The Bertz CT molecular complexity index is 1240. The number of hydrogen-bond donors (Lipinski definition) is 3. The number of nitrogens with one attached hydrogen (secondary N) is 3. The van der Waals surface area contributed by atoms with Gasteiger partial charge in [-0.1, -0.05) is 80.4 Å². The van der Waals surface area contributed by atoms with Crippen LogP contribution in [0.25, 0.3) is 0 Å². The number of rotatable bonds is 14. The van der Waals surface area contributed by atoms with Gasteiger partial charge in [-0.15, -0.1) is 0 Å². The second-order valence-electron chi connectivity index (χ2n) is 11.1. The van der Waals surface area contributed by atoms with Crippen molar-refractivity contribution in [1.29, 1.82) is 0 Å². The van der Waals surface area contributed by atoms with E-state index in [2.05, 4.69) is 43.6 Å². The summed E-state index contributed by atoms with van der Waals surface area (Å²) in [5.41, 5.74) is 0.771. The van der Waals surface area contributed by atoms with E-state index in [1.54, 1.807) is 18.2 Å². The van der Waals surface area contributed by atoms with Crippen molar-refractivity contribution in [2.24, 2.45) is 0 Å². The molecule has 0 fully saturated rings. The monoisotopic (exact) mass is 561 g/mol. The summed E-state index contributed by atoms with van der Waals surface area (Å²) in [4.78, 5) is 26.6. The van der Waals surface area contributed by atoms with Crippen molar-refractivity contribution < 1.29 is 14.2 Å². The minimum absolute atomic E-state index is 0.0538. The van der Waals surface area contributed by atoms with Crippen LogP contribution in [0.15, 0.2) is 78.9 Å². The van der Waals surface area contributed by atoms with E-state index in [-0.39, 0.29) is 17.4 Å². The Morgan fingerprint density at radius 1 is 0.700 bits per heavy atom. The van der Waals surface area contributed by atoms with Crippen LogP contribution >= 0.6 is 7.14 Å². The summed E-state index contributed by atoms with van der Waals surface area (Å²) in [7, 11) is -3.49. The fourth-order valence-corrected chi connectivity index (χ4v) is 7.39. The Kier molecular flexibility index (Phi) is 11.7. The summed E-state index contributed by atoms with van der Waals surface area (Å²) in [5, 5.41) is 11.1. The second kappa shape index (κ2) is 15.0. The Morgan fingerprint density at radius 2 is 1.23 bits per heavy atom. The minimum Gasteiger partial charge on any atom is -0.352 e. The molecule has 0 atom stereocenters. The third kappa shape index (κ3) is 8.64. The number of carbonyl (C=O) groups excluding carboxylic acids is 2. The highest BCUT2D eigenvalue weighted by molar-refractivity contribution is 7.85. The number of benzene rings is 3. The lowest BCUT2D eigenvalue weighted by molar-refractivity contribution is 0.0942. The molecule has 0 radical (unpaired) electrons. The van der Waals surface area contributed by atoms with Gasteiger partial charge < -0.3 is 20.5 Å². The highest BCUT2D eigenvalue weighted by Crippen LogP contribution is 2.43. The topological polar surface area (TPSA) is 87.3 Å². The van der Waals surface area contributed by atoms with Gasteiger partial charge in [-0.2, -0.15) is 0 Å². The van der Waals surface area contributed by atoms with Crippen molar-refractivity contribution in [1.82, 2.24) is 16.0 Å². The fourth-order valence-electron chi connectivity index (χ4n) is 4.52. The third-order valence-electron chi connectivity index (χ3n) is 6.69. The van der Waals surface area contributed by atoms with Crippen LogP contribution in [0.2, 0.25) is 0 Å². The molecule has 7 heteroatoms. The molecule has 6 nitrogen and oxygen atoms in total. The SMILES string of the molecule is CCCCCNC(=O)c1ccc(C(=O)NCCCCNC(C)(C)C)c(P(=O)(c2ccccc2)c2ccccc2)c1. The summed E-state index contributed by atoms with van der Waals surface area (Å²) >= 11 is 0. The standard InChI is InChI=1S/C33H44N3O3P/c1-5-6-13-22-34-31(37)26-20-21-29(32(38)35-23-14-15-24-36-33(2,3)4)30(25-26)40(39,27-16-9-7-10-17-27)28-18-11-8-12-19-28/h7-12,16-21,25,36H,5-6,13-15,22-24H2,1-4H3,(H,34,37)(H,35,38). The molecule has 0 aliphatic heterocycles. The first kappa shape index (κ1) is 31.3. The van der Waals surface area contributed by atoms with E-state index in [9.17, 15) is 9.59 Å². The van der Waals surface area contributed by atoms with Crippen LogP contribution in [0.3, 0.4) is 0 Å². The van der Waals surface area contributed by atoms with E-state index in [0.717, 1.165) is 38.6 Å². The van der Waals surface area contributed by atoms with Gasteiger partial charge >= 0.3 is 0 Å². The van der Waals surface area contributed by atoms with E-state index < -0.39 is 7.14 Å². The first-order chi connectivity index (χ1) is 19.2. The highest BCUT2D eigenvalue weighted by atomic mass is 31.2. The van der Waals surface area contributed by atoms with Crippen LogP contribution < -0.4 is 31.9 Å². The molecular formula is C33H44N3O3P. The number of hydrogen-bond acceptors (Lipinski definition) is 4. The molecule has 0 aliphatic rings. The molecule has 0 saturated carbocycles. The number of unbranched alkanes of at least 4 members (excludes halogenated alkanes) is 3. The molecule has 2 amide bonds. The number of carbonyl (C=O) groups is 2. The summed E-state index contributed by atoms with van der Waals surface area (Å²) in [5.74, 6) is -0.524. The highest BCUT2D eigenvalue weighted by Gasteiger charge is 2.34. The molecule has 3 aromatic carbocycles. The van der Waals surface area contributed by atoms with Gasteiger partial charge in [0.1, 0.15) is 0 Å². The zero-order valence-electron chi connectivity index (χ0n) is 24.3. The maximum atomic E-state index is 15.2. The van der Waals surface area contributed by atoms with Gasteiger partial charge in [-0.3, -0.25) is 9.59 Å². The summed E-state index contributed by atoms with van der Waals surface area (Å²) in [6.45, 7) is 10.4. The first-order valence-corrected chi connectivity index (χ1v) is 16.0. The van der Waals surface area contributed by atoms with Crippen LogP contribution in [0, 0.1) is 0 Å². The van der Waals surface area contributed by atoms with E-state index in [1.165, 1.54) is 0 Å². The van der Waals surface area contributed by atoms with E-state index in [0.29, 0.717) is 40.1 Å². The van der Waals surface area contributed by atoms with E-state index in [1.807, 2.05) is 60.7 Å². The van der Waals surface area contributed by atoms with Crippen LogP contribution in [-0.4, -0.2) is 37.0 Å². The average Bonchev–Trinajstić information content (AvgIpc) is 2.96. The molecule has 3 aromatic rings. The predicted octanol–water partition coefficient (Wildman–Crippen LogP) is 5.14. The zero-order valence-corrected chi connectivity index (χ0v) is 25.2. The van der Waals surface area contributed by atoms with Crippen LogP contribution in [0.4, 0.5) is 0 Å². The van der Waals surface area contributed by atoms with Crippen molar-refractivity contribution in [3.05, 3.63) is 90.0 Å². The van der Waals surface area contributed by atoms with Crippen molar-refractivity contribution in [3.8, 4) is 0 Å². The Labute approximate surface area is 239 Å². The van der Waals surface area contributed by atoms with Crippen molar-refractivity contribution in [3.63, 3.8) is 0 Å². The fraction of sp³-hybridized carbons (Fsp3) is 0.394. The molecule has 40 heavy (non-hydrogen) atoms. The normalized spacial score (nSPS) is 11.7. The average molecular weight is 562 g/mol. The van der Waals surface area contributed by atoms with Gasteiger partial charge in [0, 0.05) is 40.1 Å². The van der Waals surface area contributed by atoms with Gasteiger partial charge in [0.25, 0.3) is 11.8 Å². The largest absolute Gasteiger partial charge is 0.352 e. The number of amides is 2. The minimum atomic E-state index is -3.49. The maximum Gasteiger partial charge on any atom is 0.252 e. The molecular weight excluding hydrogens is 517 g/mol. The van der Waals surface area contributed by atoms with Gasteiger partial charge in [0.2, 0.25) is 0 Å². The van der Waals surface area contributed by atoms with Crippen molar-refractivity contribution in [2.75, 3.05) is 19.6 Å². The smallest absolute Gasteiger partial charge is 0.252 e. The third-order valence-corrected chi connectivity index (χ3v) is 9.79. The summed E-state index contributed by atoms with van der Waals surface area (Å²) < 4.78 is 15.2. The van der Waals surface area contributed by atoms with Crippen LogP contribution in [0.5, 0.6) is 0 Å². The predicted molar refractivity (Wildman–Crippen MR) is 167 cm³/mol. The lowest BCUT2D eigenvalue weighted by Gasteiger charge is -2.23. The van der Waals surface area contributed by atoms with Crippen molar-refractivity contribution in [2.45, 2.75) is 65.3 Å². The van der Waals surface area contributed by atoms with E-state index >= 15 is 4.57 Å².